The number of nitrogens with one attached hydrogen (secondary N) is 2. The van der Waals surface area contributed by atoms with Gasteiger partial charge in [0.25, 0.3) is 0 Å². The monoisotopic (exact) mass is 531 g/mol. The Bertz CT molecular complexity index is 763. The zero-order chi connectivity index (χ0) is 19.8. The van der Waals surface area contributed by atoms with Crippen LogP contribution >= 0.6 is 35.3 Å². The fourth-order valence-electron chi connectivity index (χ4n) is 3.61. The molecule has 2 heterocycles. The van der Waals surface area contributed by atoms with Gasteiger partial charge >= 0.3 is 0 Å². The van der Waals surface area contributed by atoms with Crippen molar-refractivity contribution in [2.75, 3.05) is 32.8 Å². The van der Waals surface area contributed by atoms with Gasteiger partial charge < -0.3 is 15.4 Å². The van der Waals surface area contributed by atoms with Crippen molar-refractivity contribution in [1.82, 2.24) is 10.6 Å². The van der Waals surface area contributed by atoms with Crippen LogP contribution in [0.15, 0.2) is 46.1 Å². The molecule has 0 aliphatic carbocycles. The fourth-order valence-corrected chi connectivity index (χ4v) is 4.40. The summed E-state index contributed by atoms with van der Waals surface area (Å²) in [5.41, 5.74) is 2.18. The summed E-state index contributed by atoms with van der Waals surface area (Å²) in [5.74, 6) is 1.03. The molecule has 160 valence electrons. The average molecular weight is 531 g/mol. The van der Waals surface area contributed by atoms with Gasteiger partial charge in [0.1, 0.15) is 5.82 Å². The van der Waals surface area contributed by atoms with Crippen LogP contribution in [0.4, 0.5) is 4.39 Å². The van der Waals surface area contributed by atoms with Crippen molar-refractivity contribution in [1.29, 1.82) is 0 Å². The zero-order valence-electron chi connectivity index (χ0n) is 17.1. The molecule has 1 fully saturated rings. The van der Waals surface area contributed by atoms with Crippen LogP contribution < -0.4 is 10.6 Å². The van der Waals surface area contributed by atoms with E-state index in [1.165, 1.54) is 11.6 Å². The number of halogens is 2. The number of hydrogen-bond acceptors (Lipinski definition) is 3. The van der Waals surface area contributed by atoms with E-state index >= 15 is 0 Å². The number of guanidine groups is 1. The van der Waals surface area contributed by atoms with Crippen molar-refractivity contribution in [2.45, 2.75) is 38.0 Å². The van der Waals surface area contributed by atoms with Crippen LogP contribution in [0.25, 0.3) is 0 Å². The Morgan fingerprint density at radius 3 is 2.72 bits per heavy atom. The van der Waals surface area contributed by atoms with Gasteiger partial charge in [-0.1, -0.05) is 19.1 Å². The molecule has 1 unspecified atom stereocenters. The van der Waals surface area contributed by atoms with Crippen molar-refractivity contribution >= 4 is 41.3 Å². The third-order valence-corrected chi connectivity index (χ3v) is 6.16. The van der Waals surface area contributed by atoms with Crippen LogP contribution in [-0.4, -0.2) is 38.8 Å². The highest BCUT2D eigenvalue weighted by Crippen LogP contribution is 2.35. The smallest absolute Gasteiger partial charge is 0.191 e. The first-order valence-corrected chi connectivity index (χ1v) is 11.0. The molecule has 3 rings (SSSR count). The van der Waals surface area contributed by atoms with Gasteiger partial charge in [-0.3, -0.25) is 4.99 Å². The predicted octanol–water partition coefficient (Wildman–Crippen LogP) is 4.91. The van der Waals surface area contributed by atoms with E-state index < -0.39 is 0 Å². The Morgan fingerprint density at radius 1 is 1.28 bits per heavy atom. The number of benzene rings is 1. The molecule has 1 aromatic carbocycles. The number of thiophene rings is 1. The van der Waals surface area contributed by atoms with Crippen molar-refractivity contribution in [3.05, 3.63) is 58.0 Å². The Labute approximate surface area is 194 Å². The van der Waals surface area contributed by atoms with Gasteiger partial charge in [0.05, 0.1) is 6.54 Å². The van der Waals surface area contributed by atoms with Gasteiger partial charge in [0.15, 0.2) is 5.96 Å². The van der Waals surface area contributed by atoms with E-state index in [1.54, 1.807) is 23.5 Å². The first-order chi connectivity index (χ1) is 13.6. The van der Waals surface area contributed by atoms with E-state index in [0.29, 0.717) is 25.7 Å². The lowest BCUT2D eigenvalue weighted by Crippen LogP contribution is -2.42. The Kier molecular flexibility index (Phi) is 9.85. The molecular formula is C22H31FIN3OS. The summed E-state index contributed by atoms with van der Waals surface area (Å²) in [6.45, 7) is 7.88. The summed E-state index contributed by atoms with van der Waals surface area (Å²) in [4.78, 5) is 4.89. The minimum absolute atomic E-state index is 0. The lowest BCUT2D eigenvalue weighted by atomic mass is 9.74. The highest BCUT2D eigenvalue weighted by molar-refractivity contribution is 14.0. The lowest BCUT2D eigenvalue weighted by Gasteiger charge is -2.36. The maximum absolute atomic E-state index is 13.9. The average Bonchev–Trinajstić information content (AvgIpc) is 3.25. The number of hydrogen-bond donors (Lipinski definition) is 2. The molecule has 0 radical (unpaired) electrons. The normalized spacial score (nSPS) is 17.3. The van der Waals surface area contributed by atoms with Crippen molar-refractivity contribution < 1.29 is 9.13 Å². The first kappa shape index (κ1) is 24.1. The molecular weight excluding hydrogens is 500 g/mol. The number of ether oxygens (including phenoxy) is 1. The highest BCUT2D eigenvalue weighted by atomic mass is 127. The fraction of sp³-hybridized carbons (Fsp3) is 0.500. The van der Waals surface area contributed by atoms with Crippen LogP contribution in [0.1, 0.15) is 43.7 Å². The van der Waals surface area contributed by atoms with Crippen molar-refractivity contribution in [3.63, 3.8) is 0 Å². The molecule has 1 aromatic heterocycles. The molecule has 1 aliphatic heterocycles. The summed E-state index contributed by atoms with van der Waals surface area (Å²) in [5, 5.41) is 11.1. The third-order valence-electron chi connectivity index (χ3n) is 5.46. The van der Waals surface area contributed by atoms with Gasteiger partial charge in [-0.15, -0.1) is 24.0 Å². The van der Waals surface area contributed by atoms with E-state index in [9.17, 15) is 4.39 Å². The molecule has 0 bridgehead atoms. The molecule has 0 amide bonds. The summed E-state index contributed by atoms with van der Waals surface area (Å²) in [6.07, 6.45) is 1.70. The molecule has 0 spiro atoms. The summed E-state index contributed by atoms with van der Waals surface area (Å²) in [7, 11) is 0. The summed E-state index contributed by atoms with van der Waals surface area (Å²) < 4.78 is 19.4. The molecule has 29 heavy (non-hydrogen) atoms. The van der Waals surface area contributed by atoms with Crippen LogP contribution in [0.2, 0.25) is 0 Å². The predicted molar refractivity (Wildman–Crippen MR) is 130 cm³/mol. The van der Waals surface area contributed by atoms with E-state index in [2.05, 4.69) is 41.3 Å². The summed E-state index contributed by atoms with van der Waals surface area (Å²) >= 11 is 1.72. The number of rotatable bonds is 7. The number of aliphatic imine (C=N–C) groups is 1. The zero-order valence-corrected chi connectivity index (χ0v) is 20.3. The Morgan fingerprint density at radius 2 is 2.07 bits per heavy atom. The first-order valence-electron chi connectivity index (χ1n) is 10.0. The Balaban J connectivity index is 0.00000300. The summed E-state index contributed by atoms with van der Waals surface area (Å²) in [6, 6.07) is 9.12. The van der Waals surface area contributed by atoms with Crippen LogP contribution in [0.3, 0.4) is 0 Å². The minimum Gasteiger partial charge on any atom is -0.381 e. The standard InChI is InChI=1S/C22H30FN3OS.HI/c1-3-24-21(25-14-17(2)18-7-12-28-15-18)26-16-22(8-10-27-11-9-22)19-5-4-6-20(23)13-19;/h4-7,12-13,15,17H,3,8-11,14,16H2,1-2H3,(H2,24,25,26);1H. The molecule has 4 nitrogen and oxygen atoms in total. The van der Waals surface area contributed by atoms with Crippen LogP contribution in [0, 0.1) is 5.82 Å². The lowest BCUT2D eigenvalue weighted by molar-refractivity contribution is 0.0530. The van der Waals surface area contributed by atoms with E-state index in [4.69, 9.17) is 9.73 Å². The molecule has 1 aliphatic rings. The second-order valence-corrected chi connectivity index (χ2v) is 8.22. The maximum Gasteiger partial charge on any atom is 0.191 e. The largest absolute Gasteiger partial charge is 0.381 e. The van der Waals surface area contributed by atoms with Crippen LogP contribution in [0.5, 0.6) is 0 Å². The van der Waals surface area contributed by atoms with Gasteiger partial charge in [-0.2, -0.15) is 11.3 Å². The number of nitrogens with zero attached hydrogens (tertiary/aromatic N) is 1. The quantitative estimate of drug-likeness (QED) is 0.303. The second-order valence-electron chi connectivity index (χ2n) is 7.44. The topological polar surface area (TPSA) is 45.7 Å². The maximum atomic E-state index is 13.9. The van der Waals surface area contributed by atoms with Gasteiger partial charge in [0.2, 0.25) is 0 Å². The highest BCUT2D eigenvalue weighted by Gasteiger charge is 2.34. The minimum atomic E-state index is -0.193. The van der Waals surface area contributed by atoms with E-state index in [-0.39, 0.29) is 35.2 Å². The molecule has 1 atom stereocenters. The van der Waals surface area contributed by atoms with Crippen molar-refractivity contribution in [3.8, 4) is 0 Å². The van der Waals surface area contributed by atoms with Gasteiger partial charge in [-0.05, 0) is 65.8 Å². The second kappa shape index (κ2) is 11.9. The molecule has 0 saturated carbocycles. The van der Waals surface area contributed by atoms with Crippen LogP contribution in [-0.2, 0) is 10.2 Å². The molecule has 2 aromatic rings. The molecule has 1 saturated heterocycles. The van der Waals surface area contributed by atoms with Gasteiger partial charge in [-0.25, -0.2) is 4.39 Å². The Hall–Kier alpha value is -1.19. The molecule has 7 heteroatoms. The molecule has 2 N–H and O–H groups in total. The third kappa shape index (κ3) is 6.65. The van der Waals surface area contributed by atoms with E-state index in [0.717, 1.165) is 37.5 Å². The van der Waals surface area contributed by atoms with Crippen molar-refractivity contribution in [2.24, 2.45) is 4.99 Å². The van der Waals surface area contributed by atoms with Gasteiger partial charge in [0, 0.05) is 31.7 Å². The SMILES string of the molecule is CCNC(=NCC1(c2cccc(F)c2)CCOCC1)NCC(C)c1ccsc1.I. The van der Waals surface area contributed by atoms with E-state index in [1.807, 2.05) is 6.07 Å².